The molecule has 2 rings (SSSR count). The molecule has 0 unspecified atom stereocenters. The summed E-state index contributed by atoms with van der Waals surface area (Å²) in [6, 6.07) is 1.67. The topological polar surface area (TPSA) is 69.1 Å². The van der Waals surface area contributed by atoms with Gasteiger partial charge >= 0.3 is 7.12 Å². The van der Waals surface area contributed by atoms with Gasteiger partial charge in [0.1, 0.15) is 0 Å². The van der Waals surface area contributed by atoms with Crippen LogP contribution in [0.15, 0.2) is 22.9 Å². The maximum atomic E-state index is 8.90. The van der Waals surface area contributed by atoms with Crippen molar-refractivity contribution in [1.29, 1.82) is 0 Å². The van der Waals surface area contributed by atoms with Crippen LogP contribution in [-0.2, 0) is 0 Å². The number of fused-ring (bicyclic) bond motifs is 1. The molecule has 0 fully saturated rings. The Morgan fingerprint density at radius 2 is 2.15 bits per heavy atom. The van der Waals surface area contributed by atoms with Gasteiger partial charge in [-0.25, -0.2) is 0 Å². The van der Waals surface area contributed by atoms with Gasteiger partial charge in [0, 0.05) is 21.6 Å². The number of hydrogen-bond acceptors (Lipinski definition) is 3. The number of rotatable bonds is 1. The molecule has 66 valence electrons. The van der Waals surface area contributed by atoms with Gasteiger partial charge in [-0.1, -0.05) is 0 Å². The largest absolute Gasteiger partial charge is 0.505 e. The second-order valence-corrected chi connectivity index (χ2v) is 3.54. The molecule has 0 spiro atoms. The third kappa shape index (κ3) is 1.48. The van der Waals surface area contributed by atoms with E-state index in [-0.39, 0.29) is 0 Å². The summed E-state index contributed by atoms with van der Waals surface area (Å²) in [7, 11) is -1.47. The van der Waals surface area contributed by atoms with Crippen LogP contribution in [0, 0.1) is 0 Å². The molecule has 6 heteroatoms. The standard InChI is InChI=1S/C7H6BBrN2O2/c9-5-2-10-3-6-4(5)1-7(11-6)8(12)13/h1-3,11-13H. The van der Waals surface area contributed by atoms with Crippen LogP contribution in [0.25, 0.3) is 10.9 Å². The molecule has 0 amide bonds. The normalized spacial score (nSPS) is 10.7. The van der Waals surface area contributed by atoms with E-state index in [0.29, 0.717) is 5.59 Å². The molecule has 2 aromatic heterocycles. The SMILES string of the molecule is OB(O)c1cc2c(Br)cncc2[nH]1. The summed E-state index contributed by atoms with van der Waals surface area (Å²) in [6.45, 7) is 0. The fraction of sp³-hybridized carbons (Fsp3) is 0. The van der Waals surface area contributed by atoms with Crippen molar-refractivity contribution in [3.8, 4) is 0 Å². The van der Waals surface area contributed by atoms with Gasteiger partial charge in [0.2, 0.25) is 0 Å². The number of pyridine rings is 1. The van der Waals surface area contributed by atoms with Crippen LogP contribution in [0.2, 0.25) is 0 Å². The molecule has 0 aliphatic heterocycles. The number of hydrogen-bond donors (Lipinski definition) is 3. The Morgan fingerprint density at radius 3 is 2.77 bits per heavy atom. The first kappa shape index (κ1) is 8.74. The zero-order valence-corrected chi connectivity index (χ0v) is 8.12. The van der Waals surface area contributed by atoms with E-state index in [9.17, 15) is 0 Å². The molecule has 0 saturated heterocycles. The van der Waals surface area contributed by atoms with Crippen molar-refractivity contribution in [1.82, 2.24) is 9.97 Å². The van der Waals surface area contributed by atoms with Crippen molar-refractivity contribution >= 4 is 39.5 Å². The van der Waals surface area contributed by atoms with Gasteiger partial charge in [-0.05, 0) is 22.0 Å². The average molecular weight is 241 g/mol. The second-order valence-electron chi connectivity index (χ2n) is 2.68. The van der Waals surface area contributed by atoms with Crippen molar-refractivity contribution in [3.05, 3.63) is 22.9 Å². The first-order valence-corrected chi connectivity index (χ1v) is 4.46. The van der Waals surface area contributed by atoms with Crippen molar-refractivity contribution < 1.29 is 10.0 Å². The van der Waals surface area contributed by atoms with Crippen molar-refractivity contribution in [3.63, 3.8) is 0 Å². The fourth-order valence-electron chi connectivity index (χ4n) is 1.18. The molecule has 2 aromatic rings. The van der Waals surface area contributed by atoms with Crippen molar-refractivity contribution in [2.24, 2.45) is 0 Å². The van der Waals surface area contributed by atoms with E-state index < -0.39 is 7.12 Å². The molecular formula is C7H6BBrN2O2. The minimum Gasteiger partial charge on any atom is -0.422 e. The van der Waals surface area contributed by atoms with Crippen LogP contribution >= 0.6 is 15.9 Å². The van der Waals surface area contributed by atoms with Crippen LogP contribution in [-0.4, -0.2) is 27.1 Å². The highest BCUT2D eigenvalue weighted by Crippen LogP contribution is 2.19. The Hall–Kier alpha value is -0.845. The highest BCUT2D eigenvalue weighted by atomic mass is 79.9. The third-order valence-electron chi connectivity index (χ3n) is 1.80. The highest BCUT2D eigenvalue weighted by Gasteiger charge is 2.14. The van der Waals surface area contributed by atoms with Gasteiger partial charge in [0.15, 0.2) is 0 Å². The molecule has 0 aliphatic carbocycles. The number of nitrogens with zero attached hydrogens (tertiary/aromatic N) is 1. The van der Waals surface area contributed by atoms with E-state index in [0.717, 1.165) is 15.4 Å². The lowest BCUT2D eigenvalue weighted by molar-refractivity contribution is 0.424. The zero-order valence-electron chi connectivity index (χ0n) is 6.53. The van der Waals surface area contributed by atoms with E-state index in [1.807, 2.05) is 0 Å². The summed E-state index contributed by atoms with van der Waals surface area (Å²) in [5, 5.41) is 18.7. The van der Waals surface area contributed by atoms with Gasteiger partial charge in [-0.2, -0.15) is 0 Å². The molecule has 0 aromatic carbocycles. The predicted molar refractivity (Wildman–Crippen MR) is 53.6 cm³/mol. The summed E-state index contributed by atoms with van der Waals surface area (Å²) in [5.41, 5.74) is 1.14. The Bertz CT molecular complexity index is 443. The minimum atomic E-state index is -1.47. The quantitative estimate of drug-likeness (QED) is 0.615. The zero-order chi connectivity index (χ0) is 9.42. The smallest absolute Gasteiger partial charge is 0.422 e. The highest BCUT2D eigenvalue weighted by molar-refractivity contribution is 9.10. The molecular weight excluding hydrogens is 235 g/mol. The monoisotopic (exact) mass is 240 g/mol. The van der Waals surface area contributed by atoms with Crippen LogP contribution in [0.3, 0.4) is 0 Å². The van der Waals surface area contributed by atoms with Crippen LogP contribution in [0.5, 0.6) is 0 Å². The molecule has 13 heavy (non-hydrogen) atoms. The van der Waals surface area contributed by atoms with E-state index in [1.54, 1.807) is 18.5 Å². The van der Waals surface area contributed by atoms with Gasteiger partial charge < -0.3 is 15.0 Å². The van der Waals surface area contributed by atoms with Gasteiger partial charge in [0.25, 0.3) is 0 Å². The van der Waals surface area contributed by atoms with Gasteiger partial charge in [-0.15, -0.1) is 0 Å². The molecule has 0 atom stereocenters. The van der Waals surface area contributed by atoms with E-state index in [2.05, 4.69) is 25.9 Å². The lowest BCUT2D eigenvalue weighted by Crippen LogP contribution is -2.30. The van der Waals surface area contributed by atoms with Gasteiger partial charge in [0.05, 0.1) is 11.7 Å². The molecule has 0 aliphatic rings. The summed E-state index contributed by atoms with van der Waals surface area (Å²) in [6.07, 6.45) is 3.29. The fourth-order valence-corrected chi connectivity index (χ4v) is 1.62. The Balaban J connectivity index is 2.68. The summed E-state index contributed by atoms with van der Waals surface area (Å²) in [5.74, 6) is 0. The van der Waals surface area contributed by atoms with Crippen LogP contribution < -0.4 is 5.59 Å². The second kappa shape index (κ2) is 3.14. The number of halogens is 1. The average Bonchev–Trinajstić information content (AvgIpc) is 2.49. The predicted octanol–water partition coefficient (Wildman–Crippen LogP) is 0.00520. The van der Waals surface area contributed by atoms with Gasteiger partial charge in [-0.3, -0.25) is 4.98 Å². The molecule has 0 radical (unpaired) electrons. The van der Waals surface area contributed by atoms with Crippen molar-refractivity contribution in [2.45, 2.75) is 0 Å². The lowest BCUT2D eigenvalue weighted by atomic mass is 9.87. The summed E-state index contributed by atoms with van der Waals surface area (Å²) >= 11 is 3.31. The number of aromatic amines is 1. The maximum Gasteiger partial charge on any atom is 0.505 e. The minimum absolute atomic E-state index is 0.365. The summed E-state index contributed by atoms with van der Waals surface area (Å²) < 4.78 is 0.827. The molecule has 0 saturated carbocycles. The molecule has 3 N–H and O–H groups in total. The first-order valence-electron chi connectivity index (χ1n) is 3.67. The maximum absolute atomic E-state index is 8.90. The van der Waals surface area contributed by atoms with E-state index in [1.165, 1.54) is 0 Å². The molecule has 4 nitrogen and oxygen atoms in total. The van der Waals surface area contributed by atoms with Crippen molar-refractivity contribution in [2.75, 3.05) is 0 Å². The first-order chi connectivity index (χ1) is 6.18. The molecule has 2 heterocycles. The van der Waals surface area contributed by atoms with Crippen LogP contribution in [0.4, 0.5) is 0 Å². The Kier molecular flexibility index (Phi) is 2.11. The van der Waals surface area contributed by atoms with E-state index in [4.69, 9.17) is 10.0 Å². The number of aromatic nitrogens is 2. The van der Waals surface area contributed by atoms with Crippen LogP contribution in [0.1, 0.15) is 0 Å². The Morgan fingerprint density at radius 1 is 1.38 bits per heavy atom. The lowest BCUT2D eigenvalue weighted by Gasteiger charge is -1.90. The number of nitrogens with one attached hydrogen (secondary N) is 1. The summed E-state index contributed by atoms with van der Waals surface area (Å²) in [4.78, 5) is 6.79. The van der Waals surface area contributed by atoms with E-state index >= 15 is 0 Å². The number of H-pyrrole nitrogens is 1. The third-order valence-corrected chi connectivity index (χ3v) is 2.43. The Labute approximate surface area is 82.9 Å². The molecule has 0 bridgehead atoms.